The van der Waals surface area contributed by atoms with Crippen LogP contribution in [0.4, 0.5) is 0 Å². The molecule has 0 aliphatic carbocycles. The van der Waals surface area contributed by atoms with Gasteiger partial charge in [0, 0.05) is 4.47 Å². The van der Waals surface area contributed by atoms with Gasteiger partial charge in [-0.3, -0.25) is 0 Å². The van der Waals surface area contributed by atoms with Crippen molar-refractivity contribution in [1.29, 1.82) is 0 Å². The molecular formula is C8H8BrNaS. The quantitative estimate of drug-likeness (QED) is 0.453. The Morgan fingerprint density at radius 2 is 1.55 bits per heavy atom. The van der Waals surface area contributed by atoms with Crippen molar-refractivity contribution in [2.24, 2.45) is 0 Å². The second-order valence-corrected chi connectivity index (χ2v) is 3.69. The van der Waals surface area contributed by atoms with E-state index < -0.39 is 0 Å². The molecule has 11 heavy (non-hydrogen) atoms. The molecule has 0 radical (unpaired) electrons. The van der Waals surface area contributed by atoms with Gasteiger partial charge in [0.2, 0.25) is 0 Å². The van der Waals surface area contributed by atoms with Crippen molar-refractivity contribution in [2.45, 2.75) is 18.7 Å². The van der Waals surface area contributed by atoms with Crippen LogP contribution in [-0.4, -0.2) is 0 Å². The van der Waals surface area contributed by atoms with Crippen molar-refractivity contribution >= 4 is 28.6 Å². The van der Waals surface area contributed by atoms with Crippen LogP contribution < -0.4 is 29.6 Å². The molecule has 0 spiro atoms. The van der Waals surface area contributed by atoms with Crippen molar-refractivity contribution in [2.75, 3.05) is 0 Å². The predicted molar refractivity (Wildman–Crippen MR) is 49.2 cm³/mol. The molecule has 0 aromatic heterocycles. The number of rotatable bonds is 0. The number of halogens is 1. The summed E-state index contributed by atoms with van der Waals surface area (Å²) in [7, 11) is 0. The molecule has 0 bridgehead atoms. The summed E-state index contributed by atoms with van der Waals surface area (Å²) in [5.41, 5.74) is 2.34. The Labute approximate surface area is 104 Å². The van der Waals surface area contributed by atoms with E-state index in [1.165, 1.54) is 11.1 Å². The SMILES string of the molecule is Cc1cc(Br)cc(C)c1[S-].[Na+]. The van der Waals surface area contributed by atoms with Gasteiger partial charge in [0.05, 0.1) is 0 Å². The molecule has 0 saturated heterocycles. The van der Waals surface area contributed by atoms with E-state index in [1.54, 1.807) is 0 Å². The van der Waals surface area contributed by atoms with Gasteiger partial charge in [-0.25, -0.2) is 0 Å². The fourth-order valence-electron chi connectivity index (χ4n) is 0.897. The van der Waals surface area contributed by atoms with E-state index in [1.807, 2.05) is 26.0 Å². The minimum absolute atomic E-state index is 0. The van der Waals surface area contributed by atoms with Gasteiger partial charge in [-0.2, -0.15) is 4.90 Å². The fraction of sp³-hybridized carbons (Fsp3) is 0.250. The van der Waals surface area contributed by atoms with Crippen LogP contribution in [0.2, 0.25) is 0 Å². The minimum atomic E-state index is 0. The molecule has 0 N–H and O–H groups in total. The van der Waals surface area contributed by atoms with E-state index in [0.717, 1.165) is 9.37 Å². The van der Waals surface area contributed by atoms with E-state index in [9.17, 15) is 0 Å². The normalized spacial score (nSPS) is 9.00. The molecule has 54 valence electrons. The van der Waals surface area contributed by atoms with Gasteiger partial charge in [0.1, 0.15) is 0 Å². The van der Waals surface area contributed by atoms with Crippen molar-refractivity contribution in [3.8, 4) is 0 Å². The number of hydrogen-bond donors (Lipinski definition) is 0. The summed E-state index contributed by atoms with van der Waals surface area (Å²) >= 11 is 8.53. The molecular weight excluding hydrogens is 231 g/mol. The number of benzene rings is 1. The first-order valence-corrected chi connectivity index (χ1v) is 4.25. The Morgan fingerprint density at radius 3 is 1.91 bits per heavy atom. The Bertz CT molecular complexity index is 237. The summed E-state index contributed by atoms with van der Waals surface area (Å²) in [4.78, 5) is 0.975. The van der Waals surface area contributed by atoms with Crippen LogP contribution >= 0.6 is 15.9 Å². The maximum absolute atomic E-state index is 5.13. The van der Waals surface area contributed by atoms with E-state index in [0.29, 0.717) is 0 Å². The van der Waals surface area contributed by atoms with Crippen molar-refractivity contribution in [1.82, 2.24) is 0 Å². The second kappa shape index (κ2) is 4.83. The molecule has 0 aliphatic rings. The van der Waals surface area contributed by atoms with Crippen molar-refractivity contribution < 1.29 is 29.6 Å². The van der Waals surface area contributed by atoms with Gasteiger partial charge in [0.25, 0.3) is 0 Å². The zero-order valence-corrected chi connectivity index (χ0v) is 11.3. The van der Waals surface area contributed by atoms with Crippen LogP contribution in [0, 0.1) is 13.8 Å². The van der Waals surface area contributed by atoms with Crippen LogP contribution in [0.1, 0.15) is 11.1 Å². The van der Waals surface area contributed by atoms with E-state index in [4.69, 9.17) is 12.6 Å². The molecule has 0 aliphatic heterocycles. The minimum Gasteiger partial charge on any atom is -0.779 e. The van der Waals surface area contributed by atoms with E-state index in [2.05, 4.69) is 15.9 Å². The van der Waals surface area contributed by atoms with Crippen LogP contribution in [0.15, 0.2) is 21.5 Å². The zero-order chi connectivity index (χ0) is 7.72. The van der Waals surface area contributed by atoms with Gasteiger partial charge in [-0.15, -0.1) is 0 Å². The third-order valence-electron chi connectivity index (χ3n) is 1.43. The second-order valence-electron chi connectivity index (χ2n) is 2.37. The van der Waals surface area contributed by atoms with Gasteiger partial charge < -0.3 is 12.6 Å². The first-order chi connectivity index (χ1) is 4.61. The van der Waals surface area contributed by atoms with Gasteiger partial charge >= 0.3 is 29.6 Å². The Kier molecular flexibility index (Phi) is 5.23. The largest absolute Gasteiger partial charge is 1.00 e. The number of hydrogen-bond acceptors (Lipinski definition) is 1. The van der Waals surface area contributed by atoms with Crippen molar-refractivity contribution in [3.63, 3.8) is 0 Å². The third-order valence-corrected chi connectivity index (χ3v) is 2.53. The summed E-state index contributed by atoms with van der Waals surface area (Å²) < 4.78 is 1.11. The first-order valence-electron chi connectivity index (χ1n) is 3.05. The fourth-order valence-corrected chi connectivity index (χ4v) is 1.70. The zero-order valence-electron chi connectivity index (χ0n) is 6.94. The monoisotopic (exact) mass is 238 g/mol. The molecule has 0 heterocycles. The molecule has 0 nitrogen and oxygen atoms in total. The van der Waals surface area contributed by atoms with E-state index >= 15 is 0 Å². The molecule has 1 rings (SSSR count). The van der Waals surface area contributed by atoms with Crippen LogP contribution in [-0.2, 0) is 12.6 Å². The molecule has 1 aromatic rings. The molecule has 0 amide bonds. The Morgan fingerprint density at radius 1 is 1.18 bits per heavy atom. The smallest absolute Gasteiger partial charge is 0.779 e. The molecule has 1 aromatic carbocycles. The molecule has 0 saturated carbocycles. The maximum Gasteiger partial charge on any atom is 1.00 e. The Hall–Kier alpha value is 0.920. The predicted octanol–water partition coefficient (Wildman–Crippen LogP) is -0.0243. The van der Waals surface area contributed by atoms with Crippen molar-refractivity contribution in [3.05, 3.63) is 27.7 Å². The van der Waals surface area contributed by atoms with Crippen LogP contribution in [0.3, 0.4) is 0 Å². The molecule has 3 heteroatoms. The summed E-state index contributed by atoms with van der Waals surface area (Å²) in [5.74, 6) is 0. The summed E-state index contributed by atoms with van der Waals surface area (Å²) in [6.07, 6.45) is 0. The number of aryl methyl sites for hydroxylation is 2. The molecule has 0 unspecified atom stereocenters. The summed E-state index contributed by atoms with van der Waals surface area (Å²) in [5, 5.41) is 0. The Balaban J connectivity index is 0.000001000. The topological polar surface area (TPSA) is 0 Å². The average Bonchev–Trinajstić information content (AvgIpc) is 1.82. The van der Waals surface area contributed by atoms with Gasteiger partial charge in [0.15, 0.2) is 0 Å². The third kappa shape index (κ3) is 3.03. The average molecular weight is 239 g/mol. The van der Waals surface area contributed by atoms with E-state index in [-0.39, 0.29) is 29.6 Å². The molecule has 0 atom stereocenters. The summed E-state index contributed by atoms with van der Waals surface area (Å²) in [6.45, 7) is 4.06. The maximum atomic E-state index is 5.13. The van der Waals surface area contributed by atoms with Crippen LogP contribution in [0.25, 0.3) is 0 Å². The molecule has 0 fully saturated rings. The first kappa shape index (κ1) is 11.9. The van der Waals surface area contributed by atoms with Crippen LogP contribution in [0.5, 0.6) is 0 Å². The summed E-state index contributed by atoms with van der Waals surface area (Å²) in [6, 6.07) is 4.07. The standard InChI is InChI=1S/C8H9BrS.Na/c1-5-3-7(9)4-6(2)8(5)10;/h3-4,10H,1-2H3;/q;+1/p-1. The van der Waals surface area contributed by atoms with Gasteiger partial charge in [-0.1, -0.05) is 27.1 Å². The van der Waals surface area contributed by atoms with Gasteiger partial charge in [-0.05, 0) is 26.0 Å².